The lowest BCUT2D eigenvalue weighted by Crippen LogP contribution is -2.34. The van der Waals surface area contributed by atoms with Gasteiger partial charge in [0.2, 0.25) is 0 Å². The van der Waals surface area contributed by atoms with Crippen LogP contribution in [-0.4, -0.2) is 30.1 Å². The van der Waals surface area contributed by atoms with Gasteiger partial charge in [0.15, 0.2) is 6.10 Å². The van der Waals surface area contributed by atoms with E-state index in [-0.39, 0.29) is 12.2 Å². The number of ether oxygens (including phenoxy) is 2. The highest BCUT2D eigenvalue weighted by molar-refractivity contribution is 5.80. The molecule has 0 radical (unpaired) electrons. The molecule has 1 saturated heterocycles. The van der Waals surface area contributed by atoms with Crippen molar-refractivity contribution in [3.63, 3.8) is 0 Å². The SMILES string of the molecule is CCOC(=O)CN1C(=O)O[C@@H](c2ccc(F)cc2)[C@H]1c1cccc(C(F)(F)F)c1. The first kappa shape index (κ1) is 20.6. The molecule has 1 amide bonds. The number of hydrogen-bond donors (Lipinski definition) is 0. The maximum Gasteiger partial charge on any atom is 0.416 e. The molecule has 1 fully saturated rings. The van der Waals surface area contributed by atoms with Crippen molar-refractivity contribution in [3.05, 3.63) is 71.0 Å². The average Bonchev–Trinajstić information content (AvgIpc) is 2.98. The van der Waals surface area contributed by atoms with E-state index in [0.29, 0.717) is 5.56 Å². The van der Waals surface area contributed by atoms with E-state index in [1.165, 1.54) is 24.3 Å². The van der Waals surface area contributed by atoms with Crippen molar-refractivity contribution in [1.29, 1.82) is 0 Å². The lowest BCUT2D eigenvalue weighted by Gasteiger charge is -2.25. The number of carbonyl (C=O) groups excluding carboxylic acids is 2. The van der Waals surface area contributed by atoms with Crippen LogP contribution in [0.4, 0.5) is 22.4 Å². The van der Waals surface area contributed by atoms with Gasteiger partial charge in [0.05, 0.1) is 12.2 Å². The minimum atomic E-state index is -4.59. The molecule has 0 aliphatic carbocycles. The molecule has 154 valence electrons. The zero-order valence-corrected chi connectivity index (χ0v) is 15.3. The zero-order valence-electron chi connectivity index (χ0n) is 15.3. The summed E-state index contributed by atoms with van der Waals surface area (Å²) >= 11 is 0. The third-order valence-corrected chi connectivity index (χ3v) is 4.44. The van der Waals surface area contributed by atoms with Gasteiger partial charge in [0.1, 0.15) is 18.4 Å². The fourth-order valence-electron chi connectivity index (χ4n) is 3.18. The molecule has 2 atom stereocenters. The van der Waals surface area contributed by atoms with Crippen LogP contribution in [0.15, 0.2) is 48.5 Å². The highest BCUT2D eigenvalue weighted by Crippen LogP contribution is 2.44. The molecule has 0 N–H and O–H groups in total. The number of esters is 1. The van der Waals surface area contributed by atoms with Gasteiger partial charge in [-0.2, -0.15) is 13.2 Å². The number of rotatable bonds is 5. The molecular weight excluding hydrogens is 394 g/mol. The number of hydrogen-bond acceptors (Lipinski definition) is 4. The molecule has 1 aliphatic rings. The van der Waals surface area contributed by atoms with Gasteiger partial charge in [-0.05, 0) is 42.3 Å². The minimum absolute atomic E-state index is 0.0807. The van der Waals surface area contributed by atoms with Gasteiger partial charge < -0.3 is 9.47 Å². The van der Waals surface area contributed by atoms with Crippen molar-refractivity contribution < 1.29 is 36.6 Å². The third-order valence-electron chi connectivity index (χ3n) is 4.44. The first-order valence-electron chi connectivity index (χ1n) is 8.76. The van der Waals surface area contributed by atoms with E-state index in [2.05, 4.69) is 0 Å². The van der Waals surface area contributed by atoms with E-state index in [4.69, 9.17) is 9.47 Å². The first-order chi connectivity index (χ1) is 13.7. The molecule has 2 aromatic carbocycles. The van der Waals surface area contributed by atoms with Gasteiger partial charge in [0, 0.05) is 0 Å². The highest BCUT2D eigenvalue weighted by atomic mass is 19.4. The van der Waals surface area contributed by atoms with E-state index >= 15 is 0 Å². The number of halogens is 4. The van der Waals surface area contributed by atoms with E-state index in [1.807, 2.05) is 0 Å². The highest BCUT2D eigenvalue weighted by Gasteiger charge is 2.45. The van der Waals surface area contributed by atoms with Gasteiger partial charge in [-0.3, -0.25) is 9.69 Å². The molecule has 3 rings (SSSR count). The van der Waals surface area contributed by atoms with E-state index < -0.39 is 48.3 Å². The number of alkyl halides is 3. The summed E-state index contributed by atoms with van der Waals surface area (Å²) in [7, 11) is 0. The molecule has 9 heteroatoms. The molecule has 1 heterocycles. The second-order valence-corrected chi connectivity index (χ2v) is 6.36. The predicted molar refractivity (Wildman–Crippen MR) is 93.1 cm³/mol. The fourth-order valence-corrected chi connectivity index (χ4v) is 3.18. The Hall–Kier alpha value is -3.10. The van der Waals surface area contributed by atoms with Gasteiger partial charge in [0.25, 0.3) is 0 Å². The molecule has 29 heavy (non-hydrogen) atoms. The van der Waals surface area contributed by atoms with Gasteiger partial charge in [-0.15, -0.1) is 0 Å². The summed E-state index contributed by atoms with van der Waals surface area (Å²) in [6.45, 7) is 1.18. The van der Waals surface area contributed by atoms with Crippen LogP contribution in [0, 0.1) is 5.82 Å². The van der Waals surface area contributed by atoms with Crippen LogP contribution in [0.1, 0.15) is 35.8 Å². The van der Waals surface area contributed by atoms with Crippen molar-refractivity contribution in [2.75, 3.05) is 13.2 Å². The van der Waals surface area contributed by atoms with Crippen LogP contribution in [0.5, 0.6) is 0 Å². The van der Waals surface area contributed by atoms with Crippen LogP contribution in [0.3, 0.4) is 0 Å². The van der Waals surface area contributed by atoms with Crippen LogP contribution < -0.4 is 0 Å². The summed E-state index contributed by atoms with van der Waals surface area (Å²) in [5, 5.41) is 0. The Labute approximate surface area is 163 Å². The monoisotopic (exact) mass is 411 g/mol. The molecule has 0 unspecified atom stereocenters. The molecule has 0 spiro atoms. The summed E-state index contributed by atoms with van der Waals surface area (Å²) in [6.07, 6.45) is -6.49. The smallest absolute Gasteiger partial charge is 0.416 e. The Kier molecular flexibility index (Phi) is 5.76. The predicted octanol–water partition coefficient (Wildman–Crippen LogP) is 4.64. The van der Waals surface area contributed by atoms with Gasteiger partial charge >= 0.3 is 18.2 Å². The summed E-state index contributed by atoms with van der Waals surface area (Å²) in [4.78, 5) is 25.4. The normalized spacial score (nSPS) is 19.2. The average molecular weight is 411 g/mol. The second kappa shape index (κ2) is 8.10. The Morgan fingerprint density at radius 3 is 2.45 bits per heavy atom. The van der Waals surface area contributed by atoms with Crippen LogP contribution in [0.25, 0.3) is 0 Å². The number of nitrogens with zero attached hydrogens (tertiary/aromatic N) is 1. The third kappa shape index (κ3) is 4.49. The molecule has 0 aromatic heterocycles. The van der Waals surface area contributed by atoms with Crippen molar-refractivity contribution in [3.8, 4) is 0 Å². The minimum Gasteiger partial charge on any atom is -0.465 e. The Morgan fingerprint density at radius 2 is 1.83 bits per heavy atom. The largest absolute Gasteiger partial charge is 0.465 e. The maximum absolute atomic E-state index is 13.3. The Bertz CT molecular complexity index is 898. The lowest BCUT2D eigenvalue weighted by molar-refractivity contribution is -0.144. The molecular formula is C20H17F4NO4. The van der Waals surface area contributed by atoms with Crippen molar-refractivity contribution in [1.82, 2.24) is 4.90 Å². The topological polar surface area (TPSA) is 55.8 Å². The molecule has 5 nitrogen and oxygen atoms in total. The second-order valence-electron chi connectivity index (χ2n) is 6.36. The quantitative estimate of drug-likeness (QED) is 0.531. The fraction of sp³-hybridized carbons (Fsp3) is 0.300. The lowest BCUT2D eigenvalue weighted by atomic mass is 9.94. The summed E-state index contributed by atoms with van der Waals surface area (Å²) in [5.41, 5.74) is -0.388. The number of benzene rings is 2. The first-order valence-corrected chi connectivity index (χ1v) is 8.76. The summed E-state index contributed by atoms with van der Waals surface area (Å²) < 4.78 is 63.0. The maximum atomic E-state index is 13.3. The van der Waals surface area contributed by atoms with E-state index in [9.17, 15) is 27.2 Å². The van der Waals surface area contributed by atoms with E-state index in [1.54, 1.807) is 6.92 Å². The van der Waals surface area contributed by atoms with Gasteiger partial charge in [-0.25, -0.2) is 9.18 Å². The number of cyclic esters (lactones) is 1. The van der Waals surface area contributed by atoms with Crippen molar-refractivity contribution in [2.24, 2.45) is 0 Å². The molecule has 1 aliphatic heterocycles. The Morgan fingerprint density at radius 1 is 1.14 bits per heavy atom. The molecule has 0 bridgehead atoms. The van der Waals surface area contributed by atoms with Crippen LogP contribution in [0.2, 0.25) is 0 Å². The zero-order chi connectivity index (χ0) is 21.2. The molecule has 2 aromatic rings. The number of amides is 1. The number of carbonyl (C=O) groups is 2. The van der Waals surface area contributed by atoms with Crippen LogP contribution >= 0.6 is 0 Å². The summed E-state index contributed by atoms with van der Waals surface area (Å²) in [6, 6.07) is 8.47. The van der Waals surface area contributed by atoms with Crippen molar-refractivity contribution >= 4 is 12.1 Å². The van der Waals surface area contributed by atoms with E-state index in [0.717, 1.165) is 29.2 Å². The standard InChI is InChI=1S/C20H17F4NO4/c1-2-28-16(26)11-25-17(13-4-3-5-14(10-13)20(22,23)24)18(29-19(25)27)12-6-8-15(21)9-7-12/h3-10,17-18H,2,11H2,1H3/t17-,18+/m1/s1. The van der Waals surface area contributed by atoms with Crippen molar-refractivity contribution in [2.45, 2.75) is 25.2 Å². The Balaban J connectivity index is 2.04. The van der Waals surface area contributed by atoms with Crippen LogP contribution in [-0.2, 0) is 20.4 Å². The molecule has 0 saturated carbocycles. The summed E-state index contributed by atoms with van der Waals surface area (Å²) in [5.74, 6) is -1.24. The van der Waals surface area contributed by atoms with Gasteiger partial charge in [-0.1, -0.05) is 24.3 Å².